The molecule has 3 aromatic rings. The molecule has 1 unspecified atom stereocenters. The Morgan fingerprint density at radius 3 is 2.69 bits per heavy atom. The van der Waals surface area contributed by atoms with E-state index in [1.165, 1.54) is 0 Å². The number of benzene rings is 1. The zero-order valence-electron chi connectivity index (χ0n) is 15.5. The highest BCUT2D eigenvalue weighted by Gasteiger charge is 2.27. The van der Waals surface area contributed by atoms with Crippen LogP contribution in [0.15, 0.2) is 36.5 Å². The Kier molecular flexibility index (Phi) is 4.04. The number of anilines is 1. The lowest BCUT2D eigenvalue weighted by Gasteiger charge is -2.25. The molecule has 5 nitrogen and oxygen atoms in total. The lowest BCUT2D eigenvalue weighted by atomic mass is 9.94. The molecule has 1 aliphatic rings. The van der Waals surface area contributed by atoms with Crippen molar-refractivity contribution < 1.29 is 4.79 Å². The van der Waals surface area contributed by atoms with Crippen LogP contribution in [0.3, 0.4) is 0 Å². The van der Waals surface area contributed by atoms with Crippen LogP contribution < -0.4 is 10.6 Å². The molecule has 26 heavy (non-hydrogen) atoms. The molecular formula is C21H24N4O. The Labute approximate surface area is 153 Å². The summed E-state index contributed by atoms with van der Waals surface area (Å²) < 4.78 is 2.09. The van der Waals surface area contributed by atoms with Crippen molar-refractivity contribution in [2.75, 3.05) is 11.4 Å². The topological polar surface area (TPSA) is 63.6 Å². The molecule has 3 heterocycles. The van der Waals surface area contributed by atoms with Gasteiger partial charge in [-0.1, -0.05) is 18.2 Å². The number of nitrogens with two attached hydrogens (primary N) is 1. The summed E-state index contributed by atoms with van der Waals surface area (Å²) >= 11 is 0. The number of carbonyl (C=O) groups excluding carboxylic acids is 1. The Morgan fingerprint density at radius 1 is 1.15 bits per heavy atom. The summed E-state index contributed by atoms with van der Waals surface area (Å²) in [7, 11) is 0. The van der Waals surface area contributed by atoms with Gasteiger partial charge in [-0.25, -0.2) is 4.98 Å². The molecule has 1 amide bonds. The standard InChI is InChI=1S/C21H24N4O/c1-13-7-4-9-17(25-12-6-10-18(25)26)19(13)20(22)16-8-5-11-24-15(3)14(2)23-21(16)24/h4-5,7-9,11,20H,6,10,12,22H2,1-3H3. The van der Waals surface area contributed by atoms with Gasteiger partial charge in [-0.3, -0.25) is 4.79 Å². The average molecular weight is 348 g/mol. The van der Waals surface area contributed by atoms with Gasteiger partial charge in [-0.15, -0.1) is 0 Å². The van der Waals surface area contributed by atoms with Crippen molar-refractivity contribution in [2.45, 2.75) is 39.7 Å². The van der Waals surface area contributed by atoms with Crippen molar-refractivity contribution in [3.05, 3.63) is 64.6 Å². The Hall–Kier alpha value is -2.66. The summed E-state index contributed by atoms with van der Waals surface area (Å²) in [4.78, 5) is 18.9. The minimum Gasteiger partial charge on any atom is -0.320 e. The van der Waals surface area contributed by atoms with Gasteiger partial charge in [0.05, 0.1) is 11.7 Å². The van der Waals surface area contributed by atoms with Gasteiger partial charge in [0.25, 0.3) is 0 Å². The van der Waals surface area contributed by atoms with E-state index in [4.69, 9.17) is 10.7 Å². The van der Waals surface area contributed by atoms with Gasteiger partial charge in [-0.2, -0.15) is 0 Å². The number of hydrogen-bond donors (Lipinski definition) is 1. The fourth-order valence-electron chi connectivity index (χ4n) is 3.93. The number of pyridine rings is 1. The summed E-state index contributed by atoms with van der Waals surface area (Å²) in [5.41, 5.74) is 13.8. The Morgan fingerprint density at radius 2 is 1.96 bits per heavy atom. The fraction of sp³-hybridized carbons (Fsp3) is 0.333. The highest BCUT2D eigenvalue weighted by Crippen LogP contribution is 2.35. The normalized spacial score (nSPS) is 15.8. The Balaban J connectivity index is 1.89. The van der Waals surface area contributed by atoms with E-state index in [1.807, 2.05) is 42.3 Å². The molecule has 1 fully saturated rings. The first-order valence-corrected chi connectivity index (χ1v) is 9.08. The van der Waals surface area contributed by atoms with Crippen LogP contribution >= 0.6 is 0 Å². The second-order valence-electron chi connectivity index (χ2n) is 7.07. The second kappa shape index (κ2) is 6.25. The smallest absolute Gasteiger partial charge is 0.227 e. The van der Waals surface area contributed by atoms with E-state index in [0.717, 1.165) is 52.4 Å². The van der Waals surface area contributed by atoms with E-state index in [2.05, 4.69) is 24.3 Å². The highest BCUT2D eigenvalue weighted by molar-refractivity contribution is 5.96. The van der Waals surface area contributed by atoms with Crippen molar-refractivity contribution in [3.8, 4) is 0 Å². The molecule has 4 rings (SSSR count). The van der Waals surface area contributed by atoms with Gasteiger partial charge in [0.1, 0.15) is 5.65 Å². The molecule has 1 aromatic carbocycles. The average Bonchev–Trinajstić information content (AvgIpc) is 3.18. The third kappa shape index (κ3) is 2.51. The fourth-order valence-corrected chi connectivity index (χ4v) is 3.93. The van der Waals surface area contributed by atoms with Gasteiger partial charge in [0.15, 0.2) is 0 Å². The van der Waals surface area contributed by atoms with Gasteiger partial charge in [0.2, 0.25) is 5.91 Å². The number of aryl methyl sites for hydroxylation is 3. The molecule has 0 saturated carbocycles. The lowest BCUT2D eigenvalue weighted by Crippen LogP contribution is -2.27. The summed E-state index contributed by atoms with van der Waals surface area (Å²) in [6.45, 7) is 6.89. The van der Waals surface area contributed by atoms with Crippen LogP contribution in [-0.2, 0) is 4.79 Å². The summed E-state index contributed by atoms with van der Waals surface area (Å²) in [5, 5.41) is 0. The van der Waals surface area contributed by atoms with Gasteiger partial charge >= 0.3 is 0 Å². The van der Waals surface area contributed by atoms with Crippen molar-refractivity contribution >= 4 is 17.2 Å². The first-order chi connectivity index (χ1) is 12.5. The van der Waals surface area contributed by atoms with E-state index in [1.54, 1.807) is 0 Å². The summed E-state index contributed by atoms with van der Waals surface area (Å²) in [5.74, 6) is 0.176. The zero-order valence-corrected chi connectivity index (χ0v) is 15.5. The van der Waals surface area contributed by atoms with E-state index >= 15 is 0 Å². The van der Waals surface area contributed by atoms with E-state index < -0.39 is 0 Å². The number of amides is 1. The SMILES string of the molecule is Cc1cccc(N2CCCC2=O)c1C(N)c1cccn2c(C)c(C)nc12. The molecule has 0 bridgehead atoms. The maximum atomic E-state index is 12.3. The molecule has 0 spiro atoms. The first kappa shape index (κ1) is 16.8. The van der Waals surface area contributed by atoms with Crippen LogP contribution in [0.25, 0.3) is 5.65 Å². The number of carbonyl (C=O) groups is 1. The van der Waals surface area contributed by atoms with Crippen LogP contribution in [0.4, 0.5) is 5.69 Å². The predicted molar refractivity (Wildman–Crippen MR) is 103 cm³/mol. The lowest BCUT2D eigenvalue weighted by molar-refractivity contribution is -0.117. The first-order valence-electron chi connectivity index (χ1n) is 9.08. The largest absolute Gasteiger partial charge is 0.320 e. The van der Waals surface area contributed by atoms with Crippen LogP contribution in [0.5, 0.6) is 0 Å². The number of fused-ring (bicyclic) bond motifs is 1. The highest BCUT2D eigenvalue weighted by atomic mass is 16.2. The number of imidazole rings is 1. The summed E-state index contributed by atoms with van der Waals surface area (Å²) in [6.07, 6.45) is 3.52. The van der Waals surface area contributed by atoms with E-state index in [9.17, 15) is 4.79 Å². The van der Waals surface area contributed by atoms with Gasteiger partial charge in [0, 0.05) is 41.7 Å². The minimum atomic E-state index is -0.343. The van der Waals surface area contributed by atoms with Crippen LogP contribution in [-0.4, -0.2) is 21.8 Å². The van der Waals surface area contributed by atoms with Gasteiger partial charge in [-0.05, 0) is 44.9 Å². The molecule has 1 saturated heterocycles. The predicted octanol–water partition coefficient (Wildman–Crippen LogP) is 3.43. The van der Waals surface area contributed by atoms with E-state index in [0.29, 0.717) is 6.42 Å². The second-order valence-corrected chi connectivity index (χ2v) is 7.07. The maximum absolute atomic E-state index is 12.3. The van der Waals surface area contributed by atoms with Crippen LogP contribution in [0.1, 0.15) is 47.0 Å². The number of rotatable bonds is 3. The molecule has 134 valence electrons. The monoisotopic (exact) mass is 348 g/mol. The summed E-state index contributed by atoms with van der Waals surface area (Å²) in [6, 6.07) is 9.76. The quantitative estimate of drug-likeness (QED) is 0.789. The molecule has 2 N–H and O–H groups in total. The number of nitrogens with zero attached hydrogens (tertiary/aromatic N) is 3. The molecule has 1 aliphatic heterocycles. The molecule has 0 aliphatic carbocycles. The van der Waals surface area contributed by atoms with Crippen molar-refractivity contribution in [1.29, 1.82) is 0 Å². The number of aromatic nitrogens is 2. The molecular weight excluding hydrogens is 324 g/mol. The van der Waals surface area contributed by atoms with E-state index in [-0.39, 0.29) is 11.9 Å². The third-order valence-corrected chi connectivity index (χ3v) is 5.47. The van der Waals surface area contributed by atoms with Crippen molar-refractivity contribution in [3.63, 3.8) is 0 Å². The van der Waals surface area contributed by atoms with Crippen LogP contribution in [0, 0.1) is 20.8 Å². The minimum absolute atomic E-state index is 0.176. The molecule has 2 aromatic heterocycles. The molecule has 5 heteroatoms. The Bertz CT molecular complexity index is 1000. The maximum Gasteiger partial charge on any atom is 0.227 e. The van der Waals surface area contributed by atoms with Crippen molar-refractivity contribution in [1.82, 2.24) is 9.38 Å². The third-order valence-electron chi connectivity index (χ3n) is 5.47. The number of hydrogen-bond acceptors (Lipinski definition) is 3. The molecule has 0 radical (unpaired) electrons. The van der Waals surface area contributed by atoms with Crippen LogP contribution in [0.2, 0.25) is 0 Å². The molecule has 1 atom stereocenters. The van der Waals surface area contributed by atoms with Gasteiger partial charge < -0.3 is 15.0 Å². The zero-order chi connectivity index (χ0) is 18.4. The van der Waals surface area contributed by atoms with Crippen molar-refractivity contribution in [2.24, 2.45) is 5.73 Å².